The van der Waals surface area contributed by atoms with Crippen LogP contribution in [0.25, 0.3) is 11.2 Å². The predicted molar refractivity (Wildman–Crippen MR) is 104 cm³/mol. The Bertz CT molecular complexity index is 873. The number of hydrogen-bond donors (Lipinski definition) is 3. The van der Waals surface area contributed by atoms with E-state index in [-0.39, 0.29) is 30.5 Å². The molecule has 3 atom stereocenters. The van der Waals surface area contributed by atoms with Gasteiger partial charge in [-0.3, -0.25) is 13.6 Å². The smallest absolute Gasteiger partial charge is 0.472 e. The molecule has 0 amide bonds. The van der Waals surface area contributed by atoms with Crippen LogP contribution >= 0.6 is 7.82 Å². The van der Waals surface area contributed by atoms with Gasteiger partial charge in [-0.15, -0.1) is 0 Å². The molecule has 0 bridgehead atoms. The van der Waals surface area contributed by atoms with Crippen LogP contribution in [0.4, 0.5) is 5.95 Å². The van der Waals surface area contributed by atoms with Crippen LogP contribution in [0.5, 0.6) is 5.88 Å². The van der Waals surface area contributed by atoms with Gasteiger partial charge in [-0.25, -0.2) is 9.55 Å². The van der Waals surface area contributed by atoms with E-state index in [1.54, 1.807) is 20.8 Å². The van der Waals surface area contributed by atoms with Crippen LogP contribution in [0, 0.1) is 0 Å². The number of phosphoric ester groups is 1. The SMILES string of the molecule is CCOc1nc(N)nc2c1ncn2C(C)(O)CC(COP(=O)(O)OC(C)C)OC. The first-order valence-electron chi connectivity index (χ1n) is 9.03. The number of fused-ring (bicyclic) bond motifs is 1. The Morgan fingerprint density at radius 3 is 2.66 bits per heavy atom. The summed E-state index contributed by atoms with van der Waals surface area (Å²) >= 11 is 0. The van der Waals surface area contributed by atoms with E-state index < -0.39 is 25.8 Å². The van der Waals surface area contributed by atoms with Crippen molar-refractivity contribution in [3.63, 3.8) is 0 Å². The van der Waals surface area contributed by atoms with E-state index in [4.69, 9.17) is 24.3 Å². The summed E-state index contributed by atoms with van der Waals surface area (Å²) in [5.74, 6) is 0.181. The van der Waals surface area contributed by atoms with Crippen molar-refractivity contribution < 1.29 is 33.1 Å². The van der Waals surface area contributed by atoms with Gasteiger partial charge in [-0.1, -0.05) is 0 Å². The molecule has 4 N–H and O–H groups in total. The summed E-state index contributed by atoms with van der Waals surface area (Å²) in [6.07, 6.45) is 0.152. The van der Waals surface area contributed by atoms with Gasteiger partial charge in [-0.2, -0.15) is 9.97 Å². The number of nitrogens with two attached hydrogens (primary N) is 1. The molecule has 0 aliphatic carbocycles. The molecule has 13 heteroatoms. The largest absolute Gasteiger partial charge is 0.476 e. The standard InChI is InChI=1S/C16H28N5O7P/c1-6-26-14-12-13(19-15(17)20-14)21(9-18-12)16(4,22)7-11(25-5)8-27-29(23,24)28-10(2)3/h9-11,22H,6-8H2,1-5H3,(H,23,24)(H2,17,19,20). The summed E-state index contributed by atoms with van der Waals surface area (Å²) in [6, 6.07) is 0. The van der Waals surface area contributed by atoms with E-state index in [2.05, 4.69) is 15.0 Å². The van der Waals surface area contributed by atoms with Crippen molar-refractivity contribution in [3.05, 3.63) is 6.33 Å². The van der Waals surface area contributed by atoms with Gasteiger partial charge in [0, 0.05) is 13.5 Å². The highest BCUT2D eigenvalue weighted by molar-refractivity contribution is 7.47. The van der Waals surface area contributed by atoms with Crippen molar-refractivity contribution in [3.8, 4) is 5.88 Å². The number of rotatable bonds is 11. The summed E-state index contributed by atoms with van der Waals surface area (Å²) < 4.78 is 33.8. The third-order valence-electron chi connectivity index (χ3n) is 3.90. The topological polar surface area (TPSA) is 164 Å². The van der Waals surface area contributed by atoms with Crippen LogP contribution in [-0.2, 0) is 24.1 Å². The molecule has 164 valence electrons. The molecule has 3 unspecified atom stereocenters. The predicted octanol–water partition coefficient (Wildman–Crippen LogP) is 1.42. The van der Waals surface area contributed by atoms with Crippen LogP contribution in [-0.4, -0.2) is 62.1 Å². The first kappa shape index (κ1) is 23.5. The Hall–Kier alpha value is -1.82. The van der Waals surface area contributed by atoms with Crippen LogP contribution in [0.1, 0.15) is 34.1 Å². The first-order valence-corrected chi connectivity index (χ1v) is 10.5. The molecule has 2 aromatic rings. The van der Waals surface area contributed by atoms with E-state index >= 15 is 0 Å². The number of hydrogen-bond acceptors (Lipinski definition) is 10. The summed E-state index contributed by atoms with van der Waals surface area (Å²) in [5, 5.41) is 11.0. The Morgan fingerprint density at radius 1 is 1.38 bits per heavy atom. The molecule has 0 aliphatic heterocycles. The molecule has 2 rings (SSSR count). The second kappa shape index (κ2) is 9.33. The lowest BCUT2D eigenvalue weighted by atomic mass is 10.1. The van der Waals surface area contributed by atoms with Crippen molar-refractivity contribution >= 4 is 24.9 Å². The van der Waals surface area contributed by atoms with Crippen molar-refractivity contribution in [2.75, 3.05) is 26.1 Å². The molecule has 0 spiro atoms. The van der Waals surface area contributed by atoms with Crippen LogP contribution < -0.4 is 10.5 Å². The van der Waals surface area contributed by atoms with Crippen molar-refractivity contribution in [2.45, 2.75) is 52.0 Å². The van der Waals surface area contributed by atoms with Crippen LogP contribution in [0.2, 0.25) is 0 Å². The van der Waals surface area contributed by atoms with E-state index in [1.807, 2.05) is 0 Å². The molecular weight excluding hydrogens is 405 g/mol. The maximum absolute atomic E-state index is 11.9. The van der Waals surface area contributed by atoms with Crippen molar-refractivity contribution in [1.29, 1.82) is 0 Å². The summed E-state index contributed by atoms with van der Waals surface area (Å²) in [6.45, 7) is 6.61. The Morgan fingerprint density at radius 2 is 2.07 bits per heavy atom. The number of anilines is 1. The zero-order valence-corrected chi connectivity index (χ0v) is 18.0. The molecule has 0 radical (unpaired) electrons. The third-order valence-corrected chi connectivity index (χ3v) is 5.06. The maximum Gasteiger partial charge on any atom is 0.472 e. The average molecular weight is 433 g/mol. The average Bonchev–Trinajstić information content (AvgIpc) is 3.02. The minimum absolute atomic E-state index is 0.00941. The number of aliphatic hydroxyl groups is 1. The minimum atomic E-state index is -4.24. The number of methoxy groups -OCH3 is 1. The molecule has 2 heterocycles. The number of aromatic nitrogens is 4. The quantitative estimate of drug-likeness (QED) is 0.439. The normalized spacial score (nSPS) is 17.2. The summed E-state index contributed by atoms with van der Waals surface area (Å²) in [5.41, 5.74) is 4.83. The molecule has 0 aliphatic rings. The molecule has 0 saturated carbocycles. The zero-order chi connectivity index (χ0) is 21.8. The highest BCUT2D eigenvalue weighted by Crippen LogP contribution is 2.45. The molecule has 0 fully saturated rings. The van der Waals surface area contributed by atoms with Gasteiger partial charge in [-0.05, 0) is 27.7 Å². The summed E-state index contributed by atoms with van der Waals surface area (Å²) in [7, 11) is -2.84. The number of nitrogen functional groups attached to an aromatic ring is 1. The zero-order valence-electron chi connectivity index (χ0n) is 17.1. The fraction of sp³-hybridized carbons (Fsp3) is 0.688. The third kappa shape index (κ3) is 6.08. The van der Waals surface area contributed by atoms with Gasteiger partial charge in [0.2, 0.25) is 11.8 Å². The molecule has 2 aromatic heterocycles. The number of imidazole rings is 1. The lowest BCUT2D eigenvalue weighted by Gasteiger charge is -2.29. The van der Waals surface area contributed by atoms with E-state index in [0.29, 0.717) is 12.1 Å². The highest BCUT2D eigenvalue weighted by Gasteiger charge is 2.32. The van der Waals surface area contributed by atoms with E-state index in [1.165, 1.54) is 24.9 Å². The van der Waals surface area contributed by atoms with Crippen LogP contribution in [0.15, 0.2) is 6.33 Å². The van der Waals surface area contributed by atoms with Crippen molar-refractivity contribution in [2.24, 2.45) is 0 Å². The molecule has 29 heavy (non-hydrogen) atoms. The molecule has 0 aromatic carbocycles. The van der Waals surface area contributed by atoms with Gasteiger partial charge >= 0.3 is 7.82 Å². The maximum atomic E-state index is 11.9. The number of nitrogens with zero attached hydrogens (tertiary/aromatic N) is 4. The number of ether oxygens (including phenoxy) is 2. The molecule has 12 nitrogen and oxygen atoms in total. The Kier molecular flexibility index (Phi) is 7.55. The monoisotopic (exact) mass is 433 g/mol. The first-order chi connectivity index (χ1) is 13.5. The second-order valence-corrected chi connectivity index (χ2v) is 8.21. The van der Waals surface area contributed by atoms with Gasteiger partial charge in [0.15, 0.2) is 11.2 Å². The van der Waals surface area contributed by atoms with Gasteiger partial charge in [0.1, 0.15) is 5.72 Å². The molecule has 0 saturated heterocycles. The molecular formula is C16H28N5O7P. The number of phosphoric acid groups is 1. The Labute approximate surface area is 168 Å². The van der Waals surface area contributed by atoms with Gasteiger partial charge < -0.3 is 25.2 Å². The lowest BCUT2D eigenvalue weighted by Crippen LogP contribution is -2.36. The lowest BCUT2D eigenvalue weighted by molar-refractivity contribution is -0.0777. The van der Waals surface area contributed by atoms with Crippen molar-refractivity contribution in [1.82, 2.24) is 19.5 Å². The van der Waals surface area contributed by atoms with Crippen LogP contribution in [0.3, 0.4) is 0 Å². The van der Waals surface area contributed by atoms with E-state index in [9.17, 15) is 14.6 Å². The fourth-order valence-electron chi connectivity index (χ4n) is 2.69. The Balaban J connectivity index is 2.22. The minimum Gasteiger partial charge on any atom is -0.476 e. The highest BCUT2D eigenvalue weighted by atomic mass is 31.2. The van der Waals surface area contributed by atoms with Gasteiger partial charge in [0.25, 0.3) is 0 Å². The fourth-order valence-corrected chi connectivity index (χ4v) is 3.64. The second-order valence-electron chi connectivity index (χ2n) is 6.80. The van der Waals surface area contributed by atoms with Gasteiger partial charge in [0.05, 0.1) is 31.7 Å². The van der Waals surface area contributed by atoms with E-state index in [0.717, 1.165) is 0 Å². The summed E-state index contributed by atoms with van der Waals surface area (Å²) in [4.78, 5) is 22.1.